The first kappa shape index (κ1) is 15.0. The number of benzene rings is 1. The lowest BCUT2D eigenvalue weighted by molar-refractivity contribution is -0.120. The van der Waals surface area contributed by atoms with Crippen LogP contribution in [0.2, 0.25) is 0 Å². The van der Waals surface area contributed by atoms with E-state index in [2.05, 4.69) is 20.8 Å². The van der Waals surface area contributed by atoms with Gasteiger partial charge in [-0.3, -0.25) is 9.59 Å². The molecule has 1 unspecified atom stereocenters. The Bertz CT molecular complexity index is 820. The quantitative estimate of drug-likeness (QED) is 0.757. The molecule has 3 rings (SSSR count). The zero-order valence-electron chi connectivity index (χ0n) is 13.1. The Morgan fingerprint density at radius 1 is 1.26 bits per heavy atom. The van der Waals surface area contributed by atoms with Crippen LogP contribution in [0.3, 0.4) is 0 Å². The fraction of sp³-hybridized carbons (Fsp3) is 0.250. The van der Waals surface area contributed by atoms with Gasteiger partial charge >= 0.3 is 0 Å². The van der Waals surface area contributed by atoms with Gasteiger partial charge in [-0.2, -0.15) is 5.10 Å². The molecule has 0 radical (unpaired) electrons. The third-order valence-electron chi connectivity index (χ3n) is 3.91. The summed E-state index contributed by atoms with van der Waals surface area (Å²) in [5.41, 5.74) is 9.45. The average molecular weight is 311 g/mol. The molecular weight excluding hydrogens is 294 g/mol. The van der Waals surface area contributed by atoms with Gasteiger partial charge in [0, 0.05) is 11.4 Å². The molecule has 4 N–H and O–H groups in total. The van der Waals surface area contributed by atoms with Gasteiger partial charge in [0.1, 0.15) is 11.8 Å². The lowest BCUT2D eigenvalue weighted by Gasteiger charge is -2.23. The largest absolute Gasteiger partial charge is 0.385 e. The second-order valence-electron chi connectivity index (χ2n) is 5.70. The third-order valence-corrected chi connectivity index (χ3v) is 3.91. The van der Waals surface area contributed by atoms with Crippen LogP contribution in [0.25, 0.3) is 0 Å². The molecule has 1 aromatic rings. The maximum Gasteiger partial charge on any atom is 0.259 e. The van der Waals surface area contributed by atoms with E-state index in [1.807, 2.05) is 32.0 Å². The van der Waals surface area contributed by atoms with Crippen molar-refractivity contribution in [2.24, 2.45) is 21.9 Å². The van der Waals surface area contributed by atoms with Gasteiger partial charge in [-0.15, -0.1) is 5.10 Å². The molecule has 0 fully saturated rings. The van der Waals surface area contributed by atoms with E-state index in [0.29, 0.717) is 17.0 Å². The summed E-state index contributed by atoms with van der Waals surface area (Å²) in [6.45, 7) is 5.52. The molecule has 118 valence electrons. The summed E-state index contributed by atoms with van der Waals surface area (Å²) in [6.07, 6.45) is 0. The first-order valence-electron chi connectivity index (χ1n) is 7.20. The van der Waals surface area contributed by atoms with Gasteiger partial charge in [-0.25, -0.2) is 0 Å². The van der Waals surface area contributed by atoms with Gasteiger partial charge in [0.2, 0.25) is 5.91 Å². The molecule has 7 heteroatoms. The number of amides is 2. The van der Waals surface area contributed by atoms with E-state index < -0.39 is 5.92 Å². The van der Waals surface area contributed by atoms with Crippen LogP contribution in [-0.4, -0.2) is 23.4 Å². The summed E-state index contributed by atoms with van der Waals surface area (Å²) < 4.78 is 0. The number of carbonyl (C=O) groups excluding carboxylic acids is 2. The summed E-state index contributed by atoms with van der Waals surface area (Å²) in [7, 11) is 0. The normalized spacial score (nSPS) is 19.8. The Kier molecular flexibility index (Phi) is 3.48. The standard InChI is InChI=1S/C16H17N5O2/c1-7-4-5-8(2)10(6-7)19-15(22)11-9(3)18-16(23)12-13(11)20-21-14(12)17/h4-6,12H,1-3H3,(H2,17,21)(H,18,23)(H,19,22). The Labute approximate surface area is 133 Å². The number of nitrogens with one attached hydrogen (secondary N) is 2. The first-order valence-corrected chi connectivity index (χ1v) is 7.20. The Balaban J connectivity index is 1.94. The molecule has 2 heterocycles. The Morgan fingerprint density at radius 2 is 2.00 bits per heavy atom. The number of rotatable bonds is 2. The van der Waals surface area contributed by atoms with Gasteiger partial charge in [0.15, 0.2) is 0 Å². The van der Waals surface area contributed by atoms with Crippen molar-refractivity contribution in [3.63, 3.8) is 0 Å². The average Bonchev–Trinajstić information content (AvgIpc) is 2.85. The van der Waals surface area contributed by atoms with Crippen LogP contribution in [0.15, 0.2) is 39.7 Å². The zero-order valence-corrected chi connectivity index (χ0v) is 13.1. The summed E-state index contributed by atoms with van der Waals surface area (Å²) in [5, 5.41) is 13.2. The second-order valence-corrected chi connectivity index (χ2v) is 5.70. The third kappa shape index (κ3) is 2.50. The molecule has 0 aliphatic carbocycles. The summed E-state index contributed by atoms with van der Waals surface area (Å²) in [4.78, 5) is 24.7. The van der Waals surface area contributed by atoms with Crippen molar-refractivity contribution in [3.8, 4) is 0 Å². The number of amidine groups is 1. The number of nitrogens with zero attached hydrogens (tertiary/aromatic N) is 2. The van der Waals surface area contributed by atoms with E-state index >= 15 is 0 Å². The van der Waals surface area contributed by atoms with Crippen LogP contribution < -0.4 is 16.4 Å². The summed E-state index contributed by atoms with van der Waals surface area (Å²) in [6, 6.07) is 5.80. The molecule has 0 aromatic heterocycles. The van der Waals surface area contributed by atoms with Crippen LogP contribution in [0.4, 0.5) is 5.69 Å². The van der Waals surface area contributed by atoms with Crippen molar-refractivity contribution in [1.29, 1.82) is 0 Å². The molecular formula is C16H17N5O2. The van der Waals surface area contributed by atoms with Gasteiger partial charge in [-0.1, -0.05) is 12.1 Å². The molecule has 1 atom stereocenters. The molecule has 2 aliphatic heterocycles. The molecule has 23 heavy (non-hydrogen) atoms. The number of aryl methyl sites for hydroxylation is 2. The minimum Gasteiger partial charge on any atom is -0.385 e. The minimum atomic E-state index is -0.793. The second kappa shape index (κ2) is 5.35. The molecule has 0 saturated carbocycles. The molecule has 2 aliphatic rings. The fourth-order valence-corrected chi connectivity index (χ4v) is 2.67. The topological polar surface area (TPSA) is 109 Å². The van der Waals surface area contributed by atoms with Crippen molar-refractivity contribution in [3.05, 3.63) is 40.6 Å². The maximum absolute atomic E-state index is 12.7. The van der Waals surface area contributed by atoms with Crippen LogP contribution in [0.5, 0.6) is 0 Å². The Morgan fingerprint density at radius 3 is 2.74 bits per heavy atom. The van der Waals surface area contributed by atoms with E-state index in [1.54, 1.807) is 6.92 Å². The van der Waals surface area contributed by atoms with Crippen LogP contribution >= 0.6 is 0 Å². The number of allylic oxidation sites excluding steroid dienone is 1. The lowest BCUT2D eigenvalue weighted by Crippen LogP contribution is -2.47. The van der Waals surface area contributed by atoms with Gasteiger partial charge in [-0.05, 0) is 38.0 Å². The molecule has 0 bridgehead atoms. The number of fused-ring (bicyclic) bond motifs is 1. The monoisotopic (exact) mass is 311 g/mol. The summed E-state index contributed by atoms with van der Waals surface area (Å²) in [5.74, 6) is -1.35. The predicted molar refractivity (Wildman–Crippen MR) is 87.9 cm³/mol. The van der Waals surface area contributed by atoms with Crippen LogP contribution in [0.1, 0.15) is 18.1 Å². The highest BCUT2D eigenvalue weighted by molar-refractivity contribution is 6.38. The zero-order chi connectivity index (χ0) is 16.7. The SMILES string of the molecule is CC1=C(C(=O)Nc2cc(C)ccc2C)C2=NN=C(N)C2C(=O)N1. The molecule has 0 spiro atoms. The number of nitrogens with two attached hydrogens (primary N) is 1. The van der Waals surface area contributed by atoms with E-state index in [4.69, 9.17) is 5.73 Å². The molecule has 0 saturated heterocycles. The molecule has 1 aromatic carbocycles. The highest BCUT2D eigenvalue weighted by Gasteiger charge is 2.41. The van der Waals surface area contributed by atoms with Crippen molar-refractivity contribution < 1.29 is 9.59 Å². The van der Waals surface area contributed by atoms with Crippen molar-refractivity contribution in [2.45, 2.75) is 20.8 Å². The minimum absolute atomic E-state index is 0.0991. The van der Waals surface area contributed by atoms with Crippen molar-refractivity contribution >= 4 is 29.0 Å². The van der Waals surface area contributed by atoms with Gasteiger partial charge in [0.25, 0.3) is 5.91 Å². The van der Waals surface area contributed by atoms with E-state index in [9.17, 15) is 9.59 Å². The predicted octanol–water partition coefficient (Wildman–Crippen LogP) is 0.989. The van der Waals surface area contributed by atoms with E-state index in [0.717, 1.165) is 16.8 Å². The van der Waals surface area contributed by atoms with Crippen molar-refractivity contribution in [2.75, 3.05) is 5.32 Å². The fourth-order valence-electron chi connectivity index (χ4n) is 2.67. The smallest absolute Gasteiger partial charge is 0.259 e. The molecule has 2 amide bonds. The number of hydrogen-bond acceptors (Lipinski definition) is 5. The Hall–Kier alpha value is -2.96. The summed E-state index contributed by atoms with van der Waals surface area (Å²) >= 11 is 0. The van der Waals surface area contributed by atoms with E-state index in [-0.39, 0.29) is 17.6 Å². The van der Waals surface area contributed by atoms with Gasteiger partial charge < -0.3 is 16.4 Å². The first-order chi connectivity index (χ1) is 10.9. The highest BCUT2D eigenvalue weighted by atomic mass is 16.2. The molecule has 7 nitrogen and oxygen atoms in total. The van der Waals surface area contributed by atoms with Crippen LogP contribution in [-0.2, 0) is 9.59 Å². The number of carbonyl (C=O) groups is 2. The van der Waals surface area contributed by atoms with Gasteiger partial charge in [0.05, 0.1) is 11.3 Å². The number of hydrogen-bond donors (Lipinski definition) is 3. The maximum atomic E-state index is 12.7. The van der Waals surface area contributed by atoms with Crippen LogP contribution in [0, 0.1) is 19.8 Å². The van der Waals surface area contributed by atoms with E-state index in [1.165, 1.54) is 0 Å². The van der Waals surface area contributed by atoms with Crippen molar-refractivity contribution in [1.82, 2.24) is 5.32 Å². The number of anilines is 1. The lowest BCUT2D eigenvalue weighted by atomic mass is 9.90. The highest BCUT2D eigenvalue weighted by Crippen LogP contribution is 2.25.